The molecule has 22 nitrogen and oxygen atoms in total. The molecule has 1 aromatic rings. The summed E-state index contributed by atoms with van der Waals surface area (Å²) in [6, 6.07) is -4.51. The summed E-state index contributed by atoms with van der Waals surface area (Å²) in [7, 11) is 10.1. The second kappa shape index (κ2) is 32.2. The molecule has 2 aliphatic carbocycles. The maximum atomic E-state index is 15.1. The number of hydrogen-bond donors (Lipinski definition) is 3. The van der Waals surface area contributed by atoms with E-state index in [1.165, 1.54) is 79.9 Å². The fourth-order valence-corrected chi connectivity index (χ4v) is 13.3. The molecule has 2 aliphatic heterocycles. The van der Waals surface area contributed by atoms with Crippen LogP contribution in [0.3, 0.4) is 0 Å². The Kier molecular flexibility index (Phi) is 26.5. The van der Waals surface area contributed by atoms with Crippen LogP contribution in [0.25, 0.3) is 0 Å². The summed E-state index contributed by atoms with van der Waals surface area (Å²) in [4.78, 5) is 170. The first-order chi connectivity index (χ1) is 42.0. The molecule has 11 amide bonds. The van der Waals surface area contributed by atoms with E-state index < -0.39 is 161 Å². The minimum absolute atomic E-state index is 0.0440. The summed E-state index contributed by atoms with van der Waals surface area (Å²) in [5.41, 5.74) is -2.25. The number of alkyl halides is 3. The molecule has 8 atom stereocenters. The highest BCUT2D eigenvalue weighted by Gasteiger charge is 2.50. The van der Waals surface area contributed by atoms with Crippen LogP contribution in [-0.4, -0.2) is 228 Å². The van der Waals surface area contributed by atoms with E-state index in [-0.39, 0.29) is 69.7 Å². The van der Waals surface area contributed by atoms with Gasteiger partial charge in [-0.3, -0.25) is 52.7 Å². The molecule has 90 heavy (non-hydrogen) atoms. The van der Waals surface area contributed by atoms with Crippen molar-refractivity contribution < 1.29 is 65.9 Å². The van der Waals surface area contributed by atoms with E-state index in [4.69, 9.17) is 11.6 Å². The molecule has 2 saturated heterocycles. The molecule has 5 rings (SSSR count). The fraction of sp³-hybridized carbons (Fsp3) is 0.734. The van der Waals surface area contributed by atoms with Crippen LogP contribution in [0.1, 0.15) is 156 Å². The lowest BCUT2D eigenvalue weighted by molar-refractivity contribution is -0.152. The van der Waals surface area contributed by atoms with Crippen LogP contribution < -0.4 is 16.0 Å². The number of carbonyl (C=O) groups is 11. The highest BCUT2D eigenvalue weighted by Crippen LogP contribution is 2.37. The number of rotatable bonds is 10. The fourth-order valence-electron chi connectivity index (χ4n) is 13.0. The van der Waals surface area contributed by atoms with Crippen molar-refractivity contribution >= 4 is 76.6 Å². The Morgan fingerprint density at radius 2 is 1.26 bits per heavy atom. The van der Waals surface area contributed by atoms with Crippen LogP contribution in [-0.2, 0) is 65.3 Å². The van der Waals surface area contributed by atoms with Gasteiger partial charge in [-0.2, -0.15) is 13.2 Å². The number of likely N-dealkylation sites (N-methyl/N-ethyl adjacent to an activating group) is 7. The number of aryl methyl sites for hydroxylation is 1. The minimum atomic E-state index is -4.74. The van der Waals surface area contributed by atoms with E-state index >= 15 is 4.79 Å². The average Bonchev–Trinajstić information content (AvgIpc) is 1.55. The van der Waals surface area contributed by atoms with Crippen molar-refractivity contribution in [3.8, 4) is 0 Å². The normalized spacial score (nSPS) is 26.3. The Bertz CT molecular complexity index is 2780. The van der Waals surface area contributed by atoms with Crippen molar-refractivity contribution in [1.29, 1.82) is 0 Å². The smallest absolute Gasteiger partial charge is 0.343 e. The van der Waals surface area contributed by atoms with E-state index in [0.29, 0.717) is 31.2 Å². The molecular formula is C64H99ClF3N11O11. The first-order valence-electron chi connectivity index (χ1n) is 31.9. The molecule has 3 N–H and O–H groups in total. The number of hydrogen-bond acceptors (Lipinski definition) is 11. The zero-order valence-corrected chi connectivity index (χ0v) is 56.1. The van der Waals surface area contributed by atoms with Gasteiger partial charge in [0.15, 0.2) is 0 Å². The monoisotopic (exact) mass is 1290 g/mol. The Morgan fingerprint density at radius 1 is 0.656 bits per heavy atom. The lowest BCUT2D eigenvalue weighted by Crippen LogP contribution is -2.64. The number of nitrogens with one attached hydrogen (secondary N) is 3. The molecule has 2 heterocycles. The molecule has 1 spiro atoms. The van der Waals surface area contributed by atoms with Gasteiger partial charge in [0, 0.05) is 68.3 Å². The van der Waals surface area contributed by atoms with Crippen LogP contribution in [0.4, 0.5) is 13.2 Å². The van der Waals surface area contributed by atoms with E-state index in [1.54, 1.807) is 27.7 Å². The second-order valence-corrected chi connectivity index (χ2v) is 27.0. The van der Waals surface area contributed by atoms with Crippen LogP contribution >= 0.6 is 11.6 Å². The van der Waals surface area contributed by atoms with Crippen molar-refractivity contribution in [2.45, 2.75) is 205 Å². The predicted octanol–water partition coefficient (Wildman–Crippen LogP) is 5.12. The van der Waals surface area contributed by atoms with Crippen LogP contribution in [0.5, 0.6) is 0 Å². The van der Waals surface area contributed by atoms with E-state index in [0.717, 1.165) is 52.5 Å². The number of amides is 11. The zero-order valence-electron chi connectivity index (χ0n) is 55.3. The highest BCUT2D eigenvalue weighted by atomic mass is 35.5. The molecule has 26 heteroatoms. The summed E-state index contributed by atoms with van der Waals surface area (Å²) in [6.07, 6.45) is 1.10. The third-order valence-electron chi connectivity index (χ3n) is 19.0. The first kappa shape index (κ1) is 74.2. The number of benzene rings is 1. The zero-order chi connectivity index (χ0) is 67.4. The van der Waals surface area contributed by atoms with Gasteiger partial charge in [0.05, 0.1) is 30.2 Å². The molecular weight excluding hydrogens is 1190 g/mol. The molecule has 0 aromatic heterocycles. The number of carbonyl (C=O) groups excluding carboxylic acids is 11. The molecule has 504 valence electrons. The molecule has 0 unspecified atom stereocenters. The van der Waals surface area contributed by atoms with Crippen molar-refractivity contribution in [3.63, 3.8) is 0 Å². The van der Waals surface area contributed by atoms with Crippen LogP contribution in [0.2, 0.25) is 5.02 Å². The Morgan fingerprint density at radius 3 is 1.83 bits per heavy atom. The second-order valence-electron chi connectivity index (χ2n) is 26.6. The first-order valence-corrected chi connectivity index (χ1v) is 32.3. The molecule has 0 radical (unpaired) electrons. The minimum Gasteiger partial charge on any atom is -0.343 e. The van der Waals surface area contributed by atoms with Crippen LogP contribution in [0, 0.1) is 23.7 Å². The standard InChI is InChI=1S/C64H99ClF3N11O11/c1-15-40(6)54-60(88)74(10)36-52(82)72(8)37-53(83)77(13)49(34-42-21-16-17-22-42)59(87)73(9)35-50(80)69-46(27-25-43-24-26-44(45(65)33-43)64(66,67)68)58(86)79-30-20-23-47(79)57(85)71-63(28-18-19-29-63)62(90)78(14)55(39(4)5)61(89)75(11)41(7)32-51(81)76(12)48(31-38(2)3)56(84)70-54/h24,26,33,38-42,46-49,54-55H,15-23,25,27-32,34-37H2,1-14H3,(H,69,80)(H,70,84)(H,71,85)/t40-,41+,46-,47-,48-,49-,54-,55-/m0/s1. The Labute approximate surface area is 534 Å². The summed E-state index contributed by atoms with van der Waals surface area (Å²) in [5.74, 6) is -7.67. The summed E-state index contributed by atoms with van der Waals surface area (Å²) < 4.78 is 41.3. The number of nitrogens with zero attached hydrogens (tertiary/aromatic N) is 8. The maximum absolute atomic E-state index is 15.1. The predicted molar refractivity (Wildman–Crippen MR) is 332 cm³/mol. The van der Waals surface area contributed by atoms with E-state index in [1.807, 2.05) is 20.8 Å². The van der Waals surface area contributed by atoms with Gasteiger partial charge in [0.1, 0.15) is 41.8 Å². The molecule has 2 saturated carbocycles. The summed E-state index contributed by atoms with van der Waals surface area (Å²) >= 11 is 6.11. The van der Waals surface area contributed by atoms with Gasteiger partial charge < -0.3 is 55.1 Å². The van der Waals surface area contributed by atoms with Crippen molar-refractivity contribution in [2.75, 3.05) is 75.5 Å². The summed E-state index contributed by atoms with van der Waals surface area (Å²) in [6.45, 7) is 11.1. The summed E-state index contributed by atoms with van der Waals surface area (Å²) in [5, 5.41) is 8.08. The molecule has 4 fully saturated rings. The van der Waals surface area contributed by atoms with Gasteiger partial charge in [-0.05, 0) is 99.7 Å². The van der Waals surface area contributed by atoms with Crippen molar-refractivity contribution in [3.05, 3.63) is 34.3 Å². The molecule has 0 bridgehead atoms. The van der Waals surface area contributed by atoms with Crippen molar-refractivity contribution in [2.24, 2.45) is 23.7 Å². The Hall–Kier alpha value is -6.53. The molecule has 1 aromatic carbocycles. The van der Waals surface area contributed by atoms with Gasteiger partial charge in [-0.1, -0.05) is 104 Å². The third-order valence-corrected chi connectivity index (χ3v) is 19.3. The van der Waals surface area contributed by atoms with E-state index in [9.17, 15) is 61.1 Å². The lowest BCUT2D eigenvalue weighted by atomic mass is 9.91. The quantitative estimate of drug-likeness (QED) is 0.278. The SMILES string of the molecule is CC[C@H](C)[C@@H]1NC(=O)[C@H](CC(C)C)N(C)C(=O)C[C@@H](C)N(C)C(=O)[C@H](C(C)C)N(C)C(=O)C2(CCCC2)NC(=O)[C@@H]2CCCN2C(=O)[C@H](CCc2ccc(C(F)(F)F)c(Cl)c2)NC(=O)CN(C)C(=O)[C@H](CC2CCCC2)N(C)C(=O)CN(C)C(=O)CN(C)C1=O. The van der Waals surface area contributed by atoms with E-state index in [2.05, 4.69) is 16.0 Å². The maximum Gasteiger partial charge on any atom is 0.417 e. The van der Waals surface area contributed by atoms with Crippen molar-refractivity contribution in [1.82, 2.24) is 55.1 Å². The van der Waals surface area contributed by atoms with Gasteiger partial charge in [0.25, 0.3) is 0 Å². The topological polar surface area (TPSA) is 250 Å². The van der Waals surface area contributed by atoms with Gasteiger partial charge in [-0.25, -0.2) is 0 Å². The third kappa shape index (κ3) is 18.6. The average molecular weight is 1290 g/mol. The van der Waals surface area contributed by atoms with Gasteiger partial charge in [0.2, 0.25) is 65.0 Å². The van der Waals surface area contributed by atoms with Gasteiger partial charge in [-0.15, -0.1) is 0 Å². The van der Waals surface area contributed by atoms with Crippen LogP contribution in [0.15, 0.2) is 18.2 Å². The van der Waals surface area contributed by atoms with Gasteiger partial charge >= 0.3 is 6.18 Å². The highest BCUT2D eigenvalue weighted by molar-refractivity contribution is 6.31. The Balaban J connectivity index is 1.55. The number of halogens is 4. The molecule has 4 aliphatic rings. The largest absolute Gasteiger partial charge is 0.417 e. The lowest BCUT2D eigenvalue weighted by Gasteiger charge is -2.41. The number of fused-ring (bicyclic) bond motifs is 1.